The number of ether oxygens (including phenoxy) is 2. The number of hydrogen-bond acceptors (Lipinski definition) is 2. The first-order valence-corrected chi connectivity index (χ1v) is 6.22. The average Bonchev–Trinajstić information content (AvgIpc) is 2.68. The van der Waals surface area contributed by atoms with Crippen LogP contribution in [0, 0.1) is 5.82 Å². The predicted octanol–water partition coefficient (Wildman–Crippen LogP) is 3.82. The summed E-state index contributed by atoms with van der Waals surface area (Å²) in [6.07, 6.45) is 1.13. The third-order valence-electron chi connectivity index (χ3n) is 3.46. The minimum absolute atomic E-state index is 0.119. The minimum Gasteiger partial charge on any atom is -0.344 e. The van der Waals surface area contributed by atoms with Crippen LogP contribution in [0.25, 0.3) is 0 Å². The topological polar surface area (TPSA) is 18.5 Å². The first kappa shape index (κ1) is 12.5. The van der Waals surface area contributed by atoms with Gasteiger partial charge in [-0.3, -0.25) is 0 Å². The van der Waals surface area contributed by atoms with Crippen molar-refractivity contribution in [3.05, 3.63) is 35.6 Å². The number of rotatable bonds is 3. The van der Waals surface area contributed by atoms with Crippen LogP contribution in [-0.4, -0.2) is 11.9 Å². The first-order valence-electron chi connectivity index (χ1n) is 6.22. The van der Waals surface area contributed by atoms with Gasteiger partial charge < -0.3 is 9.47 Å². The van der Waals surface area contributed by atoms with E-state index in [-0.39, 0.29) is 18.0 Å². The Kier molecular flexibility index (Phi) is 3.50. The monoisotopic (exact) mass is 238 g/mol. The van der Waals surface area contributed by atoms with Crippen molar-refractivity contribution in [2.24, 2.45) is 0 Å². The molecule has 1 aliphatic heterocycles. The van der Waals surface area contributed by atoms with Gasteiger partial charge >= 0.3 is 0 Å². The summed E-state index contributed by atoms with van der Waals surface area (Å²) in [5, 5.41) is 0. The molecule has 0 saturated carbocycles. The quantitative estimate of drug-likeness (QED) is 0.797. The third kappa shape index (κ3) is 2.22. The van der Waals surface area contributed by atoms with Crippen molar-refractivity contribution in [1.82, 2.24) is 0 Å². The first-order chi connectivity index (χ1) is 8.12. The van der Waals surface area contributed by atoms with Crippen LogP contribution in [0.15, 0.2) is 24.3 Å². The second-order valence-corrected chi connectivity index (χ2v) is 4.50. The molecule has 0 amide bonds. The zero-order chi connectivity index (χ0) is 12.5. The number of hydrogen-bond donors (Lipinski definition) is 0. The highest BCUT2D eigenvalue weighted by Gasteiger charge is 2.44. The summed E-state index contributed by atoms with van der Waals surface area (Å²) in [6.45, 7) is 5.99. The van der Waals surface area contributed by atoms with Crippen LogP contribution in [0.5, 0.6) is 0 Å². The summed E-state index contributed by atoms with van der Waals surface area (Å²) >= 11 is 0. The zero-order valence-electron chi connectivity index (χ0n) is 10.6. The van der Waals surface area contributed by atoms with Gasteiger partial charge in [-0.1, -0.05) is 32.0 Å². The molecule has 1 aromatic carbocycles. The van der Waals surface area contributed by atoms with Crippen molar-refractivity contribution in [2.75, 3.05) is 0 Å². The van der Waals surface area contributed by atoms with Crippen molar-refractivity contribution in [3.8, 4) is 0 Å². The van der Waals surface area contributed by atoms with Crippen molar-refractivity contribution >= 4 is 0 Å². The molecule has 0 aliphatic carbocycles. The lowest BCUT2D eigenvalue weighted by Crippen LogP contribution is -2.28. The van der Waals surface area contributed by atoms with Gasteiger partial charge in [0, 0.05) is 5.56 Å². The van der Waals surface area contributed by atoms with Crippen LogP contribution >= 0.6 is 0 Å². The fourth-order valence-electron chi connectivity index (χ4n) is 2.36. The molecule has 1 aliphatic rings. The average molecular weight is 238 g/mol. The second-order valence-electron chi connectivity index (χ2n) is 4.50. The summed E-state index contributed by atoms with van der Waals surface area (Å²) in [5.74, 6) is -0.775. The minimum atomic E-state index is -0.549. The van der Waals surface area contributed by atoms with E-state index in [0.29, 0.717) is 5.56 Å². The summed E-state index contributed by atoms with van der Waals surface area (Å²) in [4.78, 5) is 0. The van der Waals surface area contributed by atoms with Crippen molar-refractivity contribution in [2.45, 2.75) is 51.6 Å². The van der Waals surface area contributed by atoms with Crippen LogP contribution in [0.1, 0.15) is 45.3 Å². The lowest BCUT2D eigenvalue weighted by atomic mass is 10.1. The maximum atomic E-state index is 13.7. The van der Waals surface area contributed by atoms with Crippen LogP contribution in [0.3, 0.4) is 0 Å². The summed E-state index contributed by atoms with van der Waals surface area (Å²) in [7, 11) is 0. The molecule has 0 aromatic heterocycles. The summed E-state index contributed by atoms with van der Waals surface area (Å²) < 4.78 is 25.6. The predicted molar refractivity (Wildman–Crippen MR) is 64.1 cm³/mol. The second kappa shape index (κ2) is 4.75. The van der Waals surface area contributed by atoms with Gasteiger partial charge in [0.1, 0.15) is 11.9 Å². The maximum Gasteiger partial charge on any atom is 0.169 e. The van der Waals surface area contributed by atoms with Gasteiger partial charge in [0.15, 0.2) is 5.79 Å². The molecule has 2 rings (SSSR count). The van der Waals surface area contributed by atoms with Gasteiger partial charge in [0.25, 0.3) is 0 Å². The molecule has 0 unspecified atom stereocenters. The zero-order valence-corrected chi connectivity index (χ0v) is 10.6. The van der Waals surface area contributed by atoms with Gasteiger partial charge in [-0.05, 0) is 25.8 Å². The Morgan fingerprint density at radius 3 is 2.35 bits per heavy atom. The molecule has 94 valence electrons. The highest BCUT2D eigenvalue weighted by Crippen LogP contribution is 2.42. The molecule has 1 heterocycles. The Morgan fingerprint density at radius 1 is 1.18 bits per heavy atom. The molecule has 1 aromatic rings. The van der Waals surface area contributed by atoms with E-state index in [0.717, 1.165) is 12.8 Å². The Hall–Kier alpha value is -0.930. The molecule has 0 spiro atoms. The van der Waals surface area contributed by atoms with Gasteiger partial charge in [-0.25, -0.2) is 4.39 Å². The highest BCUT2D eigenvalue weighted by atomic mass is 19.1. The fraction of sp³-hybridized carbons (Fsp3) is 0.571. The molecular weight excluding hydrogens is 219 g/mol. The largest absolute Gasteiger partial charge is 0.344 e. The Labute approximate surface area is 102 Å². The van der Waals surface area contributed by atoms with E-state index in [4.69, 9.17) is 9.47 Å². The Balaban J connectivity index is 2.27. The molecule has 2 atom stereocenters. The van der Waals surface area contributed by atoms with E-state index < -0.39 is 5.79 Å². The summed E-state index contributed by atoms with van der Waals surface area (Å²) in [5.41, 5.74) is 0.587. The Bertz CT molecular complexity index is 388. The molecule has 0 radical (unpaired) electrons. The molecule has 0 bridgehead atoms. The highest BCUT2D eigenvalue weighted by molar-refractivity contribution is 5.21. The normalized spacial score (nSPS) is 27.3. The maximum absolute atomic E-state index is 13.7. The van der Waals surface area contributed by atoms with E-state index in [1.54, 1.807) is 12.1 Å². The van der Waals surface area contributed by atoms with Crippen LogP contribution in [-0.2, 0) is 9.47 Å². The van der Waals surface area contributed by atoms with Crippen molar-refractivity contribution in [1.29, 1.82) is 0 Å². The Morgan fingerprint density at radius 2 is 1.82 bits per heavy atom. The van der Waals surface area contributed by atoms with E-state index in [2.05, 4.69) is 0 Å². The van der Waals surface area contributed by atoms with E-state index in [9.17, 15) is 4.39 Å². The smallest absolute Gasteiger partial charge is 0.169 e. The number of halogens is 1. The fourth-order valence-corrected chi connectivity index (χ4v) is 2.36. The lowest BCUT2D eigenvalue weighted by Gasteiger charge is -2.25. The van der Waals surface area contributed by atoms with Gasteiger partial charge in [-0.15, -0.1) is 0 Å². The molecule has 1 fully saturated rings. The van der Waals surface area contributed by atoms with Crippen LogP contribution < -0.4 is 0 Å². The summed E-state index contributed by atoms with van der Waals surface area (Å²) in [6, 6.07) is 6.74. The standard InChI is InChI=1S/C14H19FO2/c1-4-14(5-2)16-10(3)13(17-14)11-8-6-7-9-12(11)15/h6-10,13H,4-5H2,1-3H3/t10-,13+/m1/s1. The van der Waals surface area contributed by atoms with Crippen molar-refractivity contribution < 1.29 is 13.9 Å². The molecule has 1 saturated heterocycles. The molecule has 2 nitrogen and oxygen atoms in total. The van der Waals surface area contributed by atoms with E-state index >= 15 is 0 Å². The molecule has 0 N–H and O–H groups in total. The van der Waals surface area contributed by atoms with E-state index in [1.807, 2.05) is 26.8 Å². The molecular formula is C14H19FO2. The van der Waals surface area contributed by atoms with Crippen LogP contribution in [0.4, 0.5) is 4.39 Å². The lowest BCUT2D eigenvalue weighted by molar-refractivity contribution is -0.178. The van der Waals surface area contributed by atoms with Gasteiger partial charge in [-0.2, -0.15) is 0 Å². The third-order valence-corrected chi connectivity index (χ3v) is 3.46. The molecule has 3 heteroatoms. The number of benzene rings is 1. The van der Waals surface area contributed by atoms with Crippen LogP contribution in [0.2, 0.25) is 0 Å². The van der Waals surface area contributed by atoms with E-state index in [1.165, 1.54) is 6.07 Å². The van der Waals surface area contributed by atoms with Crippen molar-refractivity contribution in [3.63, 3.8) is 0 Å². The molecule has 17 heavy (non-hydrogen) atoms. The SMILES string of the molecule is CCC1(CC)O[C@H](c2ccccc2F)[C@@H](C)O1. The van der Waals surface area contributed by atoms with Gasteiger partial charge in [0.2, 0.25) is 0 Å². The van der Waals surface area contributed by atoms with Gasteiger partial charge in [0.05, 0.1) is 6.10 Å².